The molecular formula is C16H18N4OS. The highest BCUT2D eigenvalue weighted by molar-refractivity contribution is 7.09. The molecule has 0 bridgehead atoms. The van der Waals surface area contributed by atoms with Gasteiger partial charge in [-0.05, 0) is 44.5 Å². The van der Waals surface area contributed by atoms with Crippen LogP contribution >= 0.6 is 11.3 Å². The van der Waals surface area contributed by atoms with Crippen LogP contribution in [0, 0.1) is 6.92 Å². The lowest BCUT2D eigenvalue weighted by Crippen LogP contribution is -2.22. The van der Waals surface area contributed by atoms with Crippen molar-refractivity contribution in [2.75, 3.05) is 6.54 Å². The molecule has 0 unspecified atom stereocenters. The van der Waals surface area contributed by atoms with Crippen molar-refractivity contribution in [3.63, 3.8) is 0 Å². The third-order valence-electron chi connectivity index (χ3n) is 4.13. The first kappa shape index (κ1) is 13.7. The largest absolute Gasteiger partial charge is 0.458 e. The SMILES string of the molecule is Cc1nc([C@H]2CCCN2Cc2ccc(-c3ccn[nH]3)o2)cs1. The Kier molecular flexibility index (Phi) is 3.56. The third kappa shape index (κ3) is 2.60. The fraction of sp³-hybridized carbons (Fsp3) is 0.375. The molecule has 1 aliphatic heterocycles. The number of nitrogens with one attached hydrogen (secondary N) is 1. The maximum absolute atomic E-state index is 5.95. The van der Waals surface area contributed by atoms with Crippen molar-refractivity contribution < 1.29 is 4.42 Å². The number of H-pyrrole nitrogens is 1. The van der Waals surface area contributed by atoms with Crippen molar-refractivity contribution in [3.05, 3.63) is 46.2 Å². The highest BCUT2D eigenvalue weighted by Gasteiger charge is 2.28. The van der Waals surface area contributed by atoms with Crippen molar-refractivity contribution in [2.24, 2.45) is 0 Å². The molecule has 0 spiro atoms. The summed E-state index contributed by atoms with van der Waals surface area (Å²) in [6, 6.07) is 6.39. The molecule has 0 aromatic carbocycles. The summed E-state index contributed by atoms with van der Waals surface area (Å²) < 4.78 is 5.95. The molecule has 3 aromatic rings. The first-order valence-corrected chi connectivity index (χ1v) is 8.42. The molecule has 1 N–H and O–H groups in total. The molecule has 0 radical (unpaired) electrons. The van der Waals surface area contributed by atoms with Crippen molar-refractivity contribution in [1.82, 2.24) is 20.1 Å². The van der Waals surface area contributed by atoms with Crippen LogP contribution in [-0.2, 0) is 6.54 Å². The Hall–Kier alpha value is -1.92. The van der Waals surface area contributed by atoms with Gasteiger partial charge in [-0.2, -0.15) is 5.10 Å². The van der Waals surface area contributed by atoms with E-state index in [0.717, 1.165) is 35.3 Å². The van der Waals surface area contributed by atoms with Crippen LogP contribution in [0.3, 0.4) is 0 Å². The Balaban J connectivity index is 1.50. The quantitative estimate of drug-likeness (QED) is 0.796. The van der Waals surface area contributed by atoms with Crippen LogP contribution in [0.15, 0.2) is 34.2 Å². The summed E-state index contributed by atoms with van der Waals surface area (Å²) in [5.41, 5.74) is 2.12. The van der Waals surface area contributed by atoms with Crippen LogP contribution in [0.25, 0.3) is 11.5 Å². The maximum atomic E-state index is 5.95. The fourth-order valence-electron chi connectivity index (χ4n) is 3.08. The zero-order valence-electron chi connectivity index (χ0n) is 12.5. The monoisotopic (exact) mass is 314 g/mol. The topological polar surface area (TPSA) is 58.0 Å². The highest BCUT2D eigenvalue weighted by Crippen LogP contribution is 2.34. The number of hydrogen-bond acceptors (Lipinski definition) is 5. The minimum Gasteiger partial charge on any atom is -0.458 e. The second-order valence-electron chi connectivity index (χ2n) is 5.66. The smallest absolute Gasteiger partial charge is 0.152 e. The van der Waals surface area contributed by atoms with Crippen LogP contribution in [0.2, 0.25) is 0 Å². The van der Waals surface area contributed by atoms with Gasteiger partial charge in [0.2, 0.25) is 0 Å². The number of aromatic nitrogens is 3. The lowest BCUT2D eigenvalue weighted by molar-refractivity contribution is 0.226. The van der Waals surface area contributed by atoms with Gasteiger partial charge in [0.1, 0.15) is 11.5 Å². The lowest BCUT2D eigenvalue weighted by atomic mass is 10.1. The predicted octanol–water partition coefficient (Wildman–Crippen LogP) is 3.77. The molecule has 0 aliphatic carbocycles. The van der Waals surface area contributed by atoms with Gasteiger partial charge in [0.15, 0.2) is 5.76 Å². The van der Waals surface area contributed by atoms with Gasteiger partial charge in [0, 0.05) is 11.6 Å². The van der Waals surface area contributed by atoms with Gasteiger partial charge in [-0.3, -0.25) is 10.00 Å². The first-order chi connectivity index (χ1) is 10.8. The first-order valence-electron chi connectivity index (χ1n) is 7.54. The van der Waals surface area contributed by atoms with Crippen LogP contribution in [0.5, 0.6) is 0 Å². The van der Waals surface area contributed by atoms with E-state index in [2.05, 4.69) is 38.5 Å². The van der Waals surface area contributed by atoms with E-state index in [1.165, 1.54) is 18.5 Å². The Morgan fingerprint density at radius 2 is 2.36 bits per heavy atom. The second kappa shape index (κ2) is 5.70. The molecule has 4 rings (SSSR count). The molecule has 5 nitrogen and oxygen atoms in total. The van der Waals surface area contributed by atoms with Gasteiger partial charge in [0.05, 0.1) is 23.3 Å². The van der Waals surface area contributed by atoms with Crippen molar-refractivity contribution in [1.29, 1.82) is 0 Å². The van der Waals surface area contributed by atoms with Gasteiger partial charge in [-0.25, -0.2) is 4.98 Å². The lowest BCUT2D eigenvalue weighted by Gasteiger charge is -2.21. The summed E-state index contributed by atoms with van der Waals surface area (Å²) >= 11 is 1.73. The number of aryl methyl sites for hydroxylation is 1. The van der Waals surface area contributed by atoms with Crippen LogP contribution in [0.4, 0.5) is 0 Å². The maximum Gasteiger partial charge on any atom is 0.152 e. The van der Waals surface area contributed by atoms with E-state index in [0.29, 0.717) is 6.04 Å². The summed E-state index contributed by atoms with van der Waals surface area (Å²) in [4.78, 5) is 7.13. The molecule has 114 valence electrons. The standard InChI is InChI=1S/C16H18N4OS/c1-11-18-14(10-22-11)15-3-2-8-20(15)9-12-4-5-16(21-12)13-6-7-17-19-13/h4-7,10,15H,2-3,8-9H2,1H3,(H,17,19)/t15-/m1/s1. The molecular weight excluding hydrogens is 296 g/mol. The number of furan rings is 1. The summed E-state index contributed by atoms with van der Waals surface area (Å²) in [5.74, 6) is 1.83. The van der Waals surface area contributed by atoms with Gasteiger partial charge >= 0.3 is 0 Å². The second-order valence-corrected chi connectivity index (χ2v) is 6.72. The minimum atomic E-state index is 0.422. The molecule has 4 heterocycles. The summed E-state index contributed by atoms with van der Waals surface area (Å²) in [6.45, 7) is 3.99. The van der Waals surface area contributed by atoms with Gasteiger partial charge in [0.25, 0.3) is 0 Å². The molecule has 1 atom stereocenters. The van der Waals surface area contributed by atoms with Crippen molar-refractivity contribution >= 4 is 11.3 Å². The number of aromatic amines is 1. The van der Waals surface area contributed by atoms with Crippen LogP contribution < -0.4 is 0 Å². The van der Waals surface area contributed by atoms with Gasteiger partial charge in [-0.15, -0.1) is 11.3 Å². The fourth-order valence-corrected chi connectivity index (χ4v) is 3.74. The van der Waals surface area contributed by atoms with E-state index in [4.69, 9.17) is 4.42 Å². The summed E-state index contributed by atoms with van der Waals surface area (Å²) in [6.07, 6.45) is 4.13. The van der Waals surface area contributed by atoms with Gasteiger partial charge < -0.3 is 4.42 Å². The third-order valence-corrected chi connectivity index (χ3v) is 4.92. The van der Waals surface area contributed by atoms with Crippen LogP contribution in [-0.4, -0.2) is 26.6 Å². The Labute approximate surface area is 133 Å². The minimum absolute atomic E-state index is 0.422. The molecule has 1 fully saturated rings. The molecule has 6 heteroatoms. The number of rotatable bonds is 4. The van der Waals surface area contributed by atoms with Gasteiger partial charge in [-0.1, -0.05) is 0 Å². The molecule has 0 saturated carbocycles. The highest BCUT2D eigenvalue weighted by atomic mass is 32.1. The molecule has 0 amide bonds. The Morgan fingerprint density at radius 1 is 1.41 bits per heavy atom. The molecule has 1 aliphatic rings. The van der Waals surface area contributed by atoms with E-state index >= 15 is 0 Å². The van der Waals surface area contributed by atoms with Crippen LogP contribution in [0.1, 0.15) is 35.3 Å². The normalized spacial score (nSPS) is 19.0. The number of nitrogens with zero attached hydrogens (tertiary/aromatic N) is 3. The predicted molar refractivity (Wildman–Crippen MR) is 85.5 cm³/mol. The van der Waals surface area contributed by atoms with Crippen molar-refractivity contribution in [3.8, 4) is 11.5 Å². The van der Waals surface area contributed by atoms with E-state index in [1.807, 2.05) is 12.1 Å². The Bertz CT molecular complexity index is 746. The summed E-state index contributed by atoms with van der Waals surface area (Å²) in [7, 11) is 0. The van der Waals surface area contributed by atoms with E-state index in [9.17, 15) is 0 Å². The zero-order chi connectivity index (χ0) is 14.9. The number of likely N-dealkylation sites (tertiary alicyclic amines) is 1. The van der Waals surface area contributed by atoms with Crippen molar-refractivity contribution in [2.45, 2.75) is 32.4 Å². The number of thiazole rings is 1. The summed E-state index contributed by atoms with van der Waals surface area (Å²) in [5, 5.41) is 10.2. The average Bonchev–Trinajstić information content (AvgIpc) is 3.26. The number of hydrogen-bond donors (Lipinski definition) is 1. The molecule has 3 aromatic heterocycles. The van der Waals surface area contributed by atoms with E-state index in [-0.39, 0.29) is 0 Å². The van der Waals surface area contributed by atoms with E-state index in [1.54, 1.807) is 17.5 Å². The molecule has 22 heavy (non-hydrogen) atoms. The Morgan fingerprint density at radius 3 is 3.14 bits per heavy atom. The average molecular weight is 314 g/mol. The molecule has 1 saturated heterocycles. The zero-order valence-corrected chi connectivity index (χ0v) is 13.3. The van der Waals surface area contributed by atoms with E-state index < -0.39 is 0 Å².